The van der Waals surface area contributed by atoms with Crippen molar-refractivity contribution in [3.8, 4) is 22.3 Å². The van der Waals surface area contributed by atoms with Crippen molar-refractivity contribution in [1.82, 2.24) is 35.4 Å². The molecule has 5 aromatic rings. The molecule has 0 bridgehead atoms. The number of nitrogens with zero attached hydrogens (tertiary/aromatic N) is 4. The first-order chi connectivity index (χ1) is 27.7. The van der Waals surface area contributed by atoms with Crippen LogP contribution in [-0.4, -0.2) is 88.1 Å². The molecular formula is C44H53N7O7. The molecule has 2 saturated heterocycles. The van der Waals surface area contributed by atoms with Gasteiger partial charge in [-0.2, -0.15) is 0 Å². The molecule has 4 amide bonds. The van der Waals surface area contributed by atoms with Gasteiger partial charge in [-0.15, -0.1) is 0 Å². The van der Waals surface area contributed by atoms with Crippen LogP contribution in [0.5, 0.6) is 0 Å². The Morgan fingerprint density at radius 2 is 1.19 bits per heavy atom. The lowest BCUT2D eigenvalue weighted by Gasteiger charge is -2.30. The van der Waals surface area contributed by atoms with Crippen LogP contribution in [0.15, 0.2) is 65.1 Å². The molecule has 0 unspecified atom stereocenters. The number of hydrogen-bond donors (Lipinski definition) is 3. The fraction of sp³-hybridized carbons (Fsp3) is 0.455. The lowest BCUT2D eigenvalue weighted by atomic mass is 10.00. The Labute approximate surface area is 338 Å². The maximum atomic E-state index is 13.8. The minimum atomic E-state index is -0.732. The second-order valence-corrected chi connectivity index (χ2v) is 16.6. The first kappa shape index (κ1) is 40.3. The fourth-order valence-electron chi connectivity index (χ4n) is 8.32. The predicted octanol–water partition coefficient (Wildman–Crippen LogP) is 7.62. The van der Waals surface area contributed by atoms with Gasteiger partial charge in [0.05, 0.1) is 31.3 Å². The number of imidazole rings is 1. The summed E-state index contributed by atoms with van der Waals surface area (Å²) in [7, 11) is 2.58. The lowest BCUT2D eigenvalue weighted by Crippen LogP contribution is -2.51. The van der Waals surface area contributed by atoms with Gasteiger partial charge >= 0.3 is 12.2 Å². The van der Waals surface area contributed by atoms with E-state index in [1.165, 1.54) is 14.2 Å². The Hall–Kier alpha value is -5.92. The van der Waals surface area contributed by atoms with Gasteiger partial charge < -0.3 is 39.3 Å². The summed E-state index contributed by atoms with van der Waals surface area (Å²) in [6, 6.07) is 18.3. The van der Waals surface area contributed by atoms with Crippen molar-refractivity contribution < 1.29 is 33.1 Å². The smallest absolute Gasteiger partial charge is 0.407 e. The highest BCUT2D eigenvalue weighted by Crippen LogP contribution is 2.39. The van der Waals surface area contributed by atoms with E-state index in [1.807, 2.05) is 62.9 Å². The molecule has 0 spiro atoms. The highest BCUT2D eigenvalue weighted by Gasteiger charge is 2.42. The molecule has 306 valence electrons. The van der Waals surface area contributed by atoms with E-state index >= 15 is 0 Å². The van der Waals surface area contributed by atoms with Crippen LogP contribution >= 0.6 is 0 Å². The summed E-state index contributed by atoms with van der Waals surface area (Å²) in [6.07, 6.45) is 0.193. The third-order valence-electron chi connectivity index (χ3n) is 11.4. The number of carbonyl (C=O) groups excluding carboxylic acids is 4. The number of aromatic amines is 1. The zero-order valence-electron chi connectivity index (χ0n) is 34.4. The van der Waals surface area contributed by atoms with E-state index in [0.29, 0.717) is 36.5 Å². The normalized spacial score (nSPS) is 20.5. The third kappa shape index (κ3) is 8.09. The number of H-pyrrole nitrogens is 1. The van der Waals surface area contributed by atoms with Gasteiger partial charge in [-0.3, -0.25) is 9.59 Å². The summed E-state index contributed by atoms with van der Waals surface area (Å²) in [5.41, 5.74) is 7.08. The van der Waals surface area contributed by atoms with Crippen molar-refractivity contribution >= 4 is 46.1 Å². The summed E-state index contributed by atoms with van der Waals surface area (Å²) in [6.45, 7) is 12.9. The Morgan fingerprint density at radius 1 is 0.690 bits per heavy atom. The van der Waals surface area contributed by atoms with Gasteiger partial charge in [0, 0.05) is 13.1 Å². The zero-order chi connectivity index (χ0) is 41.4. The highest BCUT2D eigenvalue weighted by molar-refractivity contribution is 5.88. The van der Waals surface area contributed by atoms with Crippen molar-refractivity contribution in [1.29, 1.82) is 0 Å². The average Bonchev–Trinajstić information content (AvgIpc) is 4.01. The third-order valence-corrected chi connectivity index (χ3v) is 11.4. The summed E-state index contributed by atoms with van der Waals surface area (Å²) >= 11 is 0. The summed E-state index contributed by atoms with van der Waals surface area (Å²) in [5, 5.41) is 5.42. The summed E-state index contributed by atoms with van der Waals surface area (Å²) < 4.78 is 15.8. The van der Waals surface area contributed by atoms with Crippen LogP contribution in [0.4, 0.5) is 9.59 Å². The van der Waals surface area contributed by atoms with Crippen LogP contribution in [0, 0.1) is 23.7 Å². The number of amides is 4. The second kappa shape index (κ2) is 16.5. The van der Waals surface area contributed by atoms with Gasteiger partial charge in [-0.25, -0.2) is 19.6 Å². The Bertz CT molecular complexity index is 2150. The molecule has 14 heteroatoms. The molecule has 3 N–H and O–H groups in total. The molecule has 2 fully saturated rings. The predicted molar refractivity (Wildman–Crippen MR) is 219 cm³/mol. The number of ether oxygens (including phenoxy) is 2. The van der Waals surface area contributed by atoms with Crippen LogP contribution in [0.3, 0.4) is 0 Å². The van der Waals surface area contributed by atoms with Crippen molar-refractivity contribution in [2.45, 2.75) is 78.6 Å². The minimum absolute atomic E-state index is 0.121. The van der Waals surface area contributed by atoms with Crippen LogP contribution in [0.1, 0.15) is 78.2 Å². The first-order valence-electron chi connectivity index (χ1n) is 20.0. The number of benzene rings is 3. The lowest BCUT2D eigenvalue weighted by molar-refractivity contribution is -0.136. The number of alkyl carbamates (subject to hydrolysis) is 2. The first-order valence-corrected chi connectivity index (χ1v) is 20.0. The maximum absolute atomic E-state index is 13.8. The Morgan fingerprint density at radius 3 is 1.74 bits per heavy atom. The van der Waals surface area contributed by atoms with Gasteiger partial charge in [0.1, 0.15) is 29.5 Å². The molecule has 2 aliphatic heterocycles. The minimum Gasteiger partial charge on any atom is -0.453 e. The molecule has 0 radical (unpaired) electrons. The molecule has 7 rings (SSSR count). The zero-order valence-corrected chi connectivity index (χ0v) is 34.4. The number of fused-ring (bicyclic) bond motifs is 2. The van der Waals surface area contributed by atoms with E-state index in [2.05, 4.69) is 59.8 Å². The molecule has 4 heterocycles. The molecule has 3 aromatic carbocycles. The van der Waals surface area contributed by atoms with Crippen molar-refractivity contribution in [2.75, 3.05) is 27.3 Å². The summed E-state index contributed by atoms with van der Waals surface area (Å²) in [4.78, 5) is 68.5. The largest absolute Gasteiger partial charge is 0.453 e. The van der Waals surface area contributed by atoms with E-state index in [9.17, 15) is 19.2 Å². The van der Waals surface area contributed by atoms with Gasteiger partial charge in [0.15, 0.2) is 5.58 Å². The van der Waals surface area contributed by atoms with Gasteiger partial charge in [-0.05, 0) is 83.0 Å². The maximum Gasteiger partial charge on any atom is 0.407 e. The molecule has 2 aromatic heterocycles. The van der Waals surface area contributed by atoms with Gasteiger partial charge in [0.2, 0.25) is 17.7 Å². The van der Waals surface area contributed by atoms with E-state index in [0.717, 1.165) is 45.5 Å². The average molecular weight is 792 g/mol. The molecule has 14 nitrogen and oxygen atoms in total. The monoisotopic (exact) mass is 791 g/mol. The number of methoxy groups -OCH3 is 2. The van der Waals surface area contributed by atoms with E-state index < -0.39 is 24.3 Å². The standard InChI is InChI=1S/C44H53N7O7/c1-23(2)37(48-43(54)56-7)41(52)50-21-25(5)17-34(50)39-45-31-15-13-29(19-32(31)46-39)27-9-11-28(12-10-27)30-14-16-36-33(20-30)47-40(58-36)35-18-26(6)22-51(35)42(53)38(24(3)4)49-44(55)57-8/h9-16,19-20,23-26,34-35,37-38H,17-18,21-22H2,1-8H3,(H,45,46)(H,48,54)(H,49,55)/t25-,26-,34-,35-,37-,38-/m0/s1. The van der Waals surface area contributed by atoms with E-state index in [-0.39, 0.29) is 47.6 Å². The fourth-order valence-corrected chi connectivity index (χ4v) is 8.32. The Balaban J connectivity index is 1.08. The number of hydrogen-bond acceptors (Lipinski definition) is 9. The second-order valence-electron chi connectivity index (χ2n) is 16.6. The Kier molecular flexibility index (Phi) is 11.5. The van der Waals surface area contributed by atoms with Gasteiger partial charge in [-0.1, -0.05) is 77.9 Å². The molecular weight excluding hydrogens is 739 g/mol. The summed E-state index contributed by atoms with van der Waals surface area (Å²) in [5.74, 6) is 1.12. The molecule has 2 aliphatic rings. The van der Waals surface area contributed by atoms with Crippen LogP contribution in [0.25, 0.3) is 44.4 Å². The van der Waals surface area contributed by atoms with Crippen LogP contribution in [0.2, 0.25) is 0 Å². The number of aromatic nitrogens is 3. The highest BCUT2D eigenvalue weighted by atomic mass is 16.5. The van der Waals surface area contributed by atoms with Crippen LogP contribution in [-0.2, 0) is 19.1 Å². The number of rotatable bonds is 10. The van der Waals surface area contributed by atoms with E-state index in [4.69, 9.17) is 23.9 Å². The molecule has 6 atom stereocenters. The van der Waals surface area contributed by atoms with E-state index in [1.54, 1.807) is 4.90 Å². The van der Waals surface area contributed by atoms with Gasteiger partial charge in [0.25, 0.3) is 0 Å². The molecule has 0 saturated carbocycles. The SMILES string of the molecule is COC(=O)N[C@H](C(=O)N1C[C@@H](C)C[C@H]1c1nc2ccc(-c3ccc(-c4ccc5oc([C@@H]6C[C@H](C)CN6C(=O)[C@@H](NC(=O)OC)C(C)C)nc5c4)cc3)cc2[nH]1)C(C)C. The number of carbonyl (C=O) groups is 4. The molecule has 0 aliphatic carbocycles. The quantitative estimate of drug-likeness (QED) is 0.129. The number of nitrogens with one attached hydrogen (secondary N) is 3. The van der Waals surface area contributed by atoms with Crippen molar-refractivity contribution in [2.24, 2.45) is 23.7 Å². The van der Waals surface area contributed by atoms with Crippen LogP contribution < -0.4 is 10.6 Å². The number of likely N-dealkylation sites (tertiary alicyclic amines) is 2. The van der Waals surface area contributed by atoms with Crippen molar-refractivity contribution in [3.63, 3.8) is 0 Å². The molecule has 58 heavy (non-hydrogen) atoms. The number of oxazole rings is 1. The topological polar surface area (TPSA) is 172 Å². The van der Waals surface area contributed by atoms with Crippen molar-refractivity contribution in [3.05, 3.63) is 72.4 Å².